The van der Waals surface area contributed by atoms with Crippen molar-refractivity contribution in [1.29, 1.82) is 0 Å². The summed E-state index contributed by atoms with van der Waals surface area (Å²) in [5.41, 5.74) is -1.53. The summed E-state index contributed by atoms with van der Waals surface area (Å²) in [6.45, 7) is 3.78. The first-order valence-electron chi connectivity index (χ1n) is 17.8. The van der Waals surface area contributed by atoms with Crippen LogP contribution < -0.4 is 29.7 Å². The number of amides is 4. The van der Waals surface area contributed by atoms with Gasteiger partial charge in [0, 0.05) is 31.8 Å². The summed E-state index contributed by atoms with van der Waals surface area (Å²) < 4.78 is 39.8. The van der Waals surface area contributed by atoms with Crippen LogP contribution in [0.1, 0.15) is 58.8 Å². The number of nitrogens with one attached hydrogen (secondary N) is 3. The second-order valence-electron chi connectivity index (χ2n) is 14.9. The summed E-state index contributed by atoms with van der Waals surface area (Å²) in [4.78, 5) is 62.3. The number of sulfonamides is 1. The minimum atomic E-state index is -3.91. The van der Waals surface area contributed by atoms with E-state index in [0.717, 1.165) is 11.8 Å². The molecule has 1 aromatic carbocycles. The van der Waals surface area contributed by atoms with E-state index in [9.17, 15) is 32.7 Å². The number of methoxy groups -OCH3 is 1. The minimum Gasteiger partial charge on any atom is -0.497 e. The Balaban J connectivity index is 1.36. The Kier molecular flexibility index (Phi) is 10.3. The molecule has 2 aliphatic heterocycles. The zero-order valence-corrected chi connectivity index (χ0v) is 30.9. The molecule has 2 aromatic rings. The van der Waals surface area contributed by atoms with Crippen LogP contribution in [0.4, 0.5) is 10.6 Å². The number of benzene rings is 1. The van der Waals surface area contributed by atoms with Crippen LogP contribution in [0.3, 0.4) is 0 Å². The van der Waals surface area contributed by atoms with Gasteiger partial charge in [-0.25, -0.2) is 13.2 Å². The maximum Gasteiger partial charge on any atom is 0.405 e. The number of ether oxygens (including phenoxy) is 2. The third kappa shape index (κ3) is 7.76. The number of carboxylic acid groups (broad SMARTS) is 1. The molecule has 2 aliphatic carbocycles. The fourth-order valence-corrected chi connectivity index (χ4v) is 8.79. The molecule has 2 saturated carbocycles. The van der Waals surface area contributed by atoms with Crippen LogP contribution in [-0.4, -0.2) is 104 Å². The zero-order valence-electron chi connectivity index (χ0n) is 30.1. The van der Waals surface area contributed by atoms with Gasteiger partial charge >= 0.3 is 6.09 Å². The van der Waals surface area contributed by atoms with Crippen molar-refractivity contribution in [1.82, 2.24) is 25.2 Å². The van der Waals surface area contributed by atoms with Crippen molar-refractivity contribution in [2.24, 2.45) is 17.8 Å². The van der Waals surface area contributed by atoms with Crippen LogP contribution in [0.5, 0.6) is 11.6 Å². The van der Waals surface area contributed by atoms with Crippen LogP contribution in [0.25, 0.3) is 10.8 Å². The first-order chi connectivity index (χ1) is 24.6. The summed E-state index contributed by atoms with van der Waals surface area (Å²) in [6.07, 6.45) is 4.72. The fraction of sp³-hybridized carbons (Fsp3) is 0.583. The maximum atomic E-state index is 14.4. The average Bonchev–Trinajstić information content (AvgIpc) is 4.01. The predicted octanol–water partition coefficient (Wildman–Crippen LogP) is 2.79. The highest BCUT2D eigenvalue weighted by Gasteiger charge is 2.62. The Labute approximate surface area is 303 Å². The van der Waals surface area contributed by atoms with E-state index in [4.69, 9.17) is 14.5 Å². The lowest BCUT2D eigenvalue weighted by atomic mass is 9.88. The van der Waals surface area contributed by atoms with Gasteiger partial charge in [-0.15, -0.1) is 0 Å². The molecule has 4 N–H and O–H groups in total. The highest BCUT2D eigenvalue weighted by Crippen LogP contribution is 2.46. The van der Waals surface area contributed by atoms with E-state index < -0.39 is 74.7 Å². The van der Waals surface area contributed by atoms with Crippen molar-refractivity contribution in [3.63, 3.8) is 0 Å². The number of hydrogen-bond acceptors (Lipinski definition) is 10. The molecule has 16 heteroatoms. The number of hydrogen-bond donors (Lipinski definition) is 4. The van der Waals surface area contributed by atoms with Gasteiger partial charge < -0.3 is 35.0 Å². The number of allylic oxidation sites excluding steroid dienone is 1. The highest BCUT2D eigenvalue weighted by atomic mass is 32.2. The van der Waals surface area contributed by atoms with E-state index in [1.807, 2.05) is 63.2 Å². The van der Waals surface area contributed by atoms with E-state index in [1.54, 1.807) is 13.2 Å². The monoisotopic (exact) mass is 740 g/mol. The number of anilines is 1. The second kappa shape index (κ2) is 14.4. The Bertz CT molecular complexity index is 1880. The molecule has 3 heterocycles. The molecule has 0 spiro atoms. The smallest absolute Gasteiger partial charge is 0.405 e. The van der Waals surface area contributed by atoms with E-state index in [1.165, 1.54) is 4.90 Å². The van der Waals surface area contributed by atoms with E-state index in [2.05, 4.69) is 15.4 Å². The molecule has 52 heavy (non-hydrogen) atoms. The first-order valence-corrected chi connectivity index (χ1v) is 19.3. The number of pyridine rings is 1. The normalized spacial score (nSPS) is 29.5. The molecule has 0 unspecified atom stereocenters. The summed E-state index contributed by atoms with van der Waals surface area (Å²) in [6, 6.07) is 5.01. The third-order valence-electron chi connectivity index (χ3n) is 10.6. The number of carbonyl (C=O) groups is 4. The van der Waals surface area contributed by atoms with Crippen molar-refractivity contribution < 1.29 is 42.2 Å². The van der Waals surface area contributed by atoms with Crippen molar-refractivity contribution in [3.8, 4) is 11.6 Å². The van der Waals surface area contributed by atoms with Crippen LogP contribution >= 0.6 is 0 Å². The molecule has 6 rings (SSSR count). The van der Waals surface area contributed by atoms with Crippen molar-refractivity contribution in [2.45, 2.75) is 87.8 Å². The highest BCUT2D eigenvalue weighted by molar-refractivity contribution is 7.91. The SMILES string of the molecule is COc1ccc2c(O[C@@H]3C[C@H]4C(=O)N[C@]5(C(=O)NS(=O)(=O)C6CC6)C[C@H]5C=CCC[C@H](C)C[C@@H](C)[C@H](NC(=O)O)C(=O)N4C3)nc(N(C)C)cc2c1. The van der Waals surface area contributed by atoms with Crippen LogP contribution in [0.15, 0.2) is 36.4 Å². The van der Waals surface area contributed by atoms with E-state index in [0.29, 0.717) is 42.6 Å². The van der Waals surface area contributed by atoms with Gasteiger partial charge in [0.05, 0.1) is 18.9 Å². The topological polar surface area (TPSA) is 197 Å². The molecule has 4 amide bonds. The fourth-order valence-electron chi connectivity index (χ4n) is 7.43. The van der Waals surface area contributed by atoms with Gasteiger partial charge in [0.15, 0.2) is 0 Å². The van der Waals surface area contributed by atoms with Gasteiger partial charge in [0.2, 0.25) is 27.7 Å². The Morgan fingerprint density at radius 3 is 2.54 bits per heavy atom. The second-order valence-corrected chi connectivity index (χ2v) is 16.9. The lowest BCUT2D eigenvalue weighted by Crippen LogP contribution is -2.59. The van der Waals surface area contributed by atoms with Gasteiger partial charge in [0.25, 0.3) is 5.91 Å². The third-order valence-corrected chi connectivity index (χ3v) is 12.4. The molecule has 4 aliphatic rings. The van der Waals surface area contributed by atoms with E-state index in [-0.39, 0.29) is 31.2 Å². The first kappa shape index (κ1) is 37.2. The molecule has 282 valence electrons. The van der Waals surface area contributed by atoms with Crippen molar-refractivity contribution in [2.75, 3.05) is 32.6 Å². The number of fused-ring (bicyclic) bond motifs is 3. The number of nitrogens with zero attached hydrogens (tertiary/aromatic N) is 3. The standard InChI is InChI=1S/C36H48N6O9S/c1-20-8-6-7-9-23-18-36(23,34(45)40-52(48,49)26-11-12-26)39-31(43)28-17-25(19-42(28)33(44)30(21(2)14-20)38-35(46)47)51-32-27-13-10-24(50-5)15-22(27)16-29(37-32)41(3)4/h7,9-10,13,15-16,20-21,23,25-26,28,30,38H,6,8,11-12,14,17-19H2,1-5H3,(H,39,43)(H,40,45)(H,46,47)/t20-,21+,23+,25+,28-,30-,36+/m0/s1. The molecular weight excluding hydrogens is 692 g/mol. The molecular formula is C36H48N6O9S. The molecule has 7 atom stereocenters. The van der Waals surface area contributed by atoms with Gasteiger partial charge in [-0.3, -0.25) is 19.1 Å². The lowest BCUT2D eigenvalue weighted by Gasteiger charge is -2.32. The van der Waals surface area contributed by atoms with Gasteiger partial charge in [-0.1, -0.05) is 26.0 Å². The lowest BCUT2D eigenvalue weighted by molar-refractivity contribution is -0.142. The zero-order chi connectivity index (χ0) is 37.5. The van der Waals surface area contributed by atoms with Crippen molar-refractivity contribution in [3.05, 3.63) is 36.4 Å². The Hall–Kier alpha value is -4.60. The Morgan fingerprint density at radius 1 is 1.12 bits per heavy atom. The average molecular weight is 741 g/mol. The van der Waals surface area contributed by atoms with Gasteiger partial charge in [-0.05, 0) is 80.0 Å². The molecule has 1 aromatic heterocycles. The minimum absolute atomic E-state index is 0.00620. The number of aromatic nitrogens is 1. The summed E-state index contributed by atoms with van der Waals surface area (Å²) in [5, 5.41) is 15.9. The molecule has 1 saturated heterocycles. The molecule has 0 bridgehead atoms. The summed E-state index contributed by atoms with van der Waals surface area (Å²) in [5.74, 6) is -1.28. The van der Waals surface area contributed by atoms with Crippen LogP contribution in [-0.2, 0) is 24.4 Å². The summed E-state index contributed by atoms with van der Waals surface area (Å²) in [7, 11) is 1.35. The largest absolute Gasteiger partial charge is 0.497 e. The summed E-state index contributed by atoms with van der Waals surface area (Å²) >= 11 is 0. The number of rotatable bonds is 8. The Morgan fingerprint density at radius 2 is 1.87 bits per heavy atom. The maximum absolute atomic E-state index is 14.4. The van der Waals surface area contributed by atoms with Crippen molar-refractivity contribution >= 4 is 50.4 Å². The molecule has 15 nitrogen and oxygen atoms in total. The molecule has 0 radical (unpaired) electrons. The van der Waals surface area contributed by atoms with Gasteiger partial charge in [-0.2, -0.15) is 4.98 Å². The van der Waals surface area contributed by atoms with Crippen LogP contribution in [0, 0.1) is 17.8 Å². The van der Waals surface area contributed by atoms with E-state index >= 15 is 0 Å². The van der Waals surface area contributed by atoms with Gasteiger partial charge in [0.1, 0.15) is 35.3 Å². The predicted molar refractivity (Wildman–Crippen MR) is 192 cm³/mol. The van der Waals surface area contributed by atoms with Crippen LogP contribution in [0.2, 0.25) is 0 Å². The quantitative estimate of drug-likeness (QED) is 0.291. The number of carbonyl (C=O) groups excluding carboxylic acids is 3. The molecule has 3 fully saturated rings.